The van der Waals surface area contributed by atoms with Gasteiger partial charge in [-0.1, -0.05) is 65.1 Å². The van der Waals surface area contributed by atoms with Crippen molar-refractivity contribution >= 4 is 55.9 Å². The van der Waals surface area contributed by atoms with E-state index in [1.807, 2.05) is 24.3 Å². The lowest BCUT2D eigenvalue weighted by atomic mass is 9.85. The topological polar surface area (TPSA) is 55.2 Å². The van der Waals surface area contributed by atoms with Crippen LogP contribution in [0.1, 0.15) is 66.1 Å². The lowest BCUT2D eigenvalue weighted by Gasteiger charge is -2.33. The molecule has 1 aliphatic carbocycles. The number of imidazole rings is 1. The molecular weight excluding hydrogens is 621 g/mol. The lowest BCUT2D eigenvalue weighted by Crippen LogP contribution is -2.39. The highest BCUT2D eigenvalue weighted by Crippen LogP contribution is 2.44. The van der Waals surface area contributed by atoms with E-state index in [4.69, 9.17) is 39.8 Å². The van der Waals surface area contributed by atoms with Crippen molar-refractivity contribution in [1.82, 2.24) is 13.9 Å². The first-order chi connectivity index (χ1) is 20.8. The van der Waals surface area contributed by atoms with Crippen molar-refractivity contribution in [2.24, 2.45) is 0 Å². The molecule has 0 bridgehead atoms. The SMILES string of the molecule is O=S(=O)(c1ccc(Cl)cc1)N1CCC(n2c(C3CC3)nc3ccc(C(c4ccc(Cl)cc4)c4ccc(Cl)cc4)cc32)CC1. The van der Waals surface area contributed by atoms with Gasteiger partial charge in [-0.05, 0) is 103 Å². The molecule has 2 fully saturated rings. The van der Waals surface area contributed by atoms with Gasteiger partial charge in [-0.15, -0.1) is 0 Å². The van der Waals surface area contributed by atoms with Gasteiger partial charge in [-0.25, -0.2) is 13.4 Å². The number of rotatable bonds is 7. The third kappa shape index (κ3) is 5.72. The Bertz CT molecular complexity index is 1830. The quantitative estimate of drug-likeness (QED) is 0.165. The van der Waals surface area contributed by atoms with Crippen LogP contribution in [0.4, 0.5) is 0 Å². The van der Waals surface area contributed by atoms with Gasteiger partial charge in [0.25, 0.3) is 0 Å². The smallest absolute Gasteiger partial charge is 0.243 e. The van der Waals surface area contributed by atoms with E-state index in [1.54, 1.807) is 28.6 Å². The molecule has 0 atom stereocenters. The largest absolute Gasteiger partial charge is 0.325 e. The minimum absolute atomic E-state index is 0.0157. The van der Waals surface area contributed by atoms with Gasteiger partial charge in [-0.2, -0.15) is 4.31 Å². The molecule has 0 spiro atoms. The minimum atomic E-state index is -3.58. The molecule has 4 aromatic carbocycles. The van der Waals surface area contributed by atoms with Crippen LogP contribution >= 0.6 is 34.8 Å². The molecule has 43 heavy (non-hydrogen) atoms. The second kappa shape index (κ2) is 11.6. The van der Waals surface area contributed by atoms with Crippen LogP contribution in [-0.4, -0.2) is 35.4 Å². The standard InChI is InChI=1S/C34H30Cl3N3O2S/c35-26-8-3-22(4-9-26)33(23-5-10-27(36)11-6-23)25-7-16-31-32(21-25)40(34(38-31)24-1-2-24)29-17-19-39(20-18-29)43(41,42)30-14-12-28(37)13-15-30/h3-16,21,24,29,33H,1-2,17-20H2. The Labute approximate surface area is 267 Å². The van der Waals surface area contributed by atoms with Crippen LogP contribution in [0.5, 0.6) is 0 Å². The Kier molecular flexibility index (Phi) is 7.77. The van der Waals surface area contributed by atoms with Crippen LogP contribution in [0.3, 0.4) is 0 Å². The first-order valence-corrected chi connectivity index (χ1v) is 17.1. The highest BCUT2D eigenvalue weighted by Gasteiger charge is 2.35. The first kappa shape index (κ1) is 28.9. The summed E-state index contributed by atoms with van der Waals surface area (Å²) in [5, 5.41) is 1.92. The molecule has 0 unspecified atom stereocenters. The predicted octanol–water partition coefficient (Wildman–Crippen LogP) is 9.08. The van der Waals surface area contributed by atoms with Gasteiger partial charge >= 0.3 is 0 Å². The second-order valence-corrected chi connectivity index (χ2v) is 14.7. The Hall–Kier alpha value is -2.87. The molecule has 220 valence electrons. The summed E-state index contributed by atoms with van der Waals surface area (Å²) >= 11 is 18.5. The second-order valence-electron chi connectivity index (χ2n) is 11.5. The molecule has 0 N–H and O–H groups in total. The fourth-order valence-electron chi connectivity index (χ4n) is 6.31. The average Bonchev–Trinajstić information content (AvgIpc) is 3.79. The van der Waals surface area contributed by atoms with E-state index in [0.29, 0.717) is 34.1 Å². The summed E-state index contributed by atoms with van der Waals surface area (Å²) in [5.41, 5.74) is 5.52. The fraction of sp³-hybridized carbons (Fsp3) is 0.265. The van der Waals surface area contributed by atoms with Gasteiger partial charge in [0.2, 0.25) is 10.0 Å². The van der Waals surface area contributed by atoms with Crippen molar-refractivity contribution in [3.05, 3.63) is 129 Å². The van der Waals surface area contributed by atoms with Gasteiger partial charge in [0.05, 0.1) is 15.9 Å². The molecule has 0 amide bonds. The molecular formula is C34H30Cl3N3O2S. The monoisotopic (exact) mass is 649 g/mol. The number of benzene rings is 4. The number of halogens is 3. The van der Waals surface area contributed by atoms with Crippen molar-refractivity contribution < 1.29 is 8.42 Å². The molecule has 1 aromatic heterocycles. The highest BCUT2D eigenvalue weighted by atomic mass is 35.5. The maximum atomic E-state index is 13.4. The van der Waals surface area contributed by atoms with E-state index in [-0.39, 0.29) is 16.9 Å². The van der Waals surface area contributed by atoms with Crippen LogP contribution in [0.25, 0.3) is 11.0 Å². The van der Waals surface area contributed by atoms with Gasteiger partial charge in [0.1, 0.15) is 5.82 Å². The molecule has 9 heteroatoms. The third-order valence-corrected chi connectivity index (χ3v) is 11.3. The molecule has 5 aromatic rings. The summed E-state index contributed by atoms with van der Waals surface area (Å²) in [6.07, 6.45) is 3.72. The van der Waals surface area contributed by atoms with Crippen molar-refractivity contribution in [3.8, 4) is 0 Å². The summed E-state index contributed by atoms with van der Waals surface area (Å²) in [5.74, 6) is 1.56. The van der Waals surface area contributed by atoms with Crippen molar-refractivity contribution in [1.29, 1.82) is 0 Å². The third-order valence-electron chi connectivity index (χ3n) is 8.66. The zero-order valence-electron chi connectivity index (χ0n) is 23.3. The van der Waals surface area contributed by atoms with E-state index in [1.165, 1.54) is 0 Å². The Morgan fingerprint density at radius 3 is 1.72 bits per heavy atom. The van der Waals surface area contributed by atoms with E-state index < -0.39 is 10.0 Å². The molecule has 2 aliphatic rings. The fourth-order valence-corrected chi connectivity index (χ4v) is 8.15. The summed E-state index contributed by atoms with van der Waals surface area (Å²) in [7, 11) is -3.58. The number of nitrogens with zero attached hydrogens (tertiary/aromatic N) is 3. The van der Waals surface area contributed by atoms with E-state index >= 15 is 0 Å². The van der Waals surface area contributed by atoms with E-state index in [9.17, 15) is 8.42 Å². The summed E-state index contributed by atoms with van der Waals surface area (Å²) in [6.45, 7) is 0.911. The summed E-state index contributed by atoms with van der Waals surface area (Å²) < 4.78 is 30.8. The Morgan fingerprint density at radius 2 is 1.19 bits per heavy atom. The van der Waals surface area contributed by atoms with Crippen molar-refractivity contribution in [2.75, 3.05) is 13.1 Å². The maximum absolute atomic E-state index is 13.4. The molecule has 5 nitrogen and oxygen atoms in total. The predicted molar refractivity (Wildman–Crippen MR) is 174 cm³/mol. The van der Waals surface area contributed by atoms with Crippen LogP contribution < -0.4 is 0 Å². The summed E-state index contributed by atoms with van der Waals surface area (Å²) in [6, 6.07) is 29.2. The normalized spacial score (nSPS) is 16.7. The maximum Gasteiger partial charge on any atom is 0.243 e. The molecule has 2 heterocycles. The zero-order chi connectivity index (χ0) is 29.7. The number of hydrogen-bond acceptors (Lipinski definition) is 3. The van der Waals surface area contributed by atoms with Crippen molar-refractivity contribution in [3.63, 3.8) is 0 Å². The zero-order valence-corrected chi connectivity index (χ0v) is 26.4. The number of piperidine rings is 1. The summed E-state index contributed by atoms with van der Waals surface area (Å²) in [4.78, 5) is 5.41. The Morgan fingerprint density at radius 1 is 0.674 bits per heavy atom. The Balaban J connectivity index is 1.25. The lowest BCUT2D eigenvalue weighted by molar-refractivity contribution is 0.274. The minimum Gasteiger partial charge on any atom is -0.325 e. The van der Waals surface area contributed by atoms with Gasteiger partial charge in [0, 0.05) is 46.0 Å². The van der Waals surface area contributed by atoms with Crippen LogP contribution in [0.2, 0.25) is 15.1 Å². The first-order valence-electron chi connectivity index (χ1n) is 14.6. The van der Waals surface area contributed by atoms with Crippen LogP contribution in [0.15, 0.2) is 95.9 Å². The van der Waals surface area contributed by atoms with Gasteiger partial charge in [-0.3, -0.25) is 0 Å². The number of hydrogen-bond donors (Lipinski definition) is 0. The number of sulfonamides is 1. The van der Waals surface area contributed by atoms with Crippen LogP contribution in [0, 0.1) is 0 Å². The van der Waals surface area contributed by atoms with Crippen LogP contribution in [-0.2, 0) is 10.0 Å². The molecule has 7 rings (SSSR count). The molecule has 0 radical (unpaired) electrons. The molecule has 1 saturated carbocycles. The highest BCUT2D eigenvalue weighted by molar-refractivity contribution is 7.89. The molecule has 1 saturated heterocycles. The van der Waals surface area contributed by atoms with Gasteiger partial charge in [0.15, 0.2) is 0 Å². The average molecular weight is 651 g/mol. The van der Waals surface area contributed by atoms with Crippen molar-refractivity contribution in [2.45, 2.75) is 48.5 Å². The number of fused-ring (bicyclic) bond motifs is 1. The van der Waals surface area contributed by atoms with E-state index in [0.717, 1.165) is 59.2 Å². The number of aromatic nitrogens is 2. The van der Waals surface area contributed by atoms with Gasteiger partial charge < -0.3 is 4.57 Å². The van der Waals surface area contributed by atoms with E-state index in [2.05, 4.69) is 47.0 Å². The molecule has 1 aliphatic heterocycles.